The Bertz CT molecular complexity index is 1090. The molecule has 2 amide bonds. The Labute approximate surface area is 186 Å². The van der Waals surface area contributed by atoms with Gasteiger partial charge in [-0.3, -0.25) is 9.59 Å². The summed E-state index contributed by atoms with van der Waals surface area (Å²) in [6, 6.07) is 11.3. The van der Waals surface area contributed by atoms with Crippen LogP contribution in [0.2, 0.25) is 0 Å². The van der Waals surface area contributed by atoms with Crippen molar-refractivity contribution < 1.29 is 36.7 Å². The van der Waals surface area contributed by atoms with Gasteiger partial charge in [0.1, 0.15) is 11.7 Å². The van der Waals surface area contributed by atoms with E-state index in [0.717, 1.165) is 36.2 Å². The van der Waals surface area contributed by atoms with E-state index in [0.29, 0.717) is 0 Å². The number of hydrogen-bond acceptors (Lipinski definition) is 5. The van der Waals surface area contributed by atoms with Crippen molar-refractivity contribution in [2.75, 3.05) is 11.6 Å². The zero-order chi connectivity index (χ0) is 24.4. The fourth-order valence-corrected chi connectivity index (χ4v) is 3.51. The van der Waals surface area contributed by atoms with E-state index in [1.807, 2.05) is 0 Å². The molecule has 0 radical (unpaired) electrons. The second kappa shape index (κ2) is 9.00. The largest absolute Gasteiger partial charge is 0.464 e. The monoisotopic (exact) mass is 465 g/mol. The molecule has 1 aliphatic rings. The molecule has 0 saturated heterocycles. The lowest BCUT2D eigenvalue weighted by atomic mass is 9.79. The first-order valence-corrected chi connectivity index (χ1v) is 9.79. The van der Waals surface area contributed by atoms with Crippen molar-refractivity contribution in [3.05, 3.63) is 66.0 Å². The Balaban J connectivity index is 2.13. The van der Waals surface area contributed by atoms with E-state index < -0.39 is 47.8 Å². The van der Waals surface area contributed by atoms with Crippen LogP contribution in [-0.4, -0.2) is 41.8 Å². The van der Waals surface area contributed by atoms with Gasteiger partial charge in [0.2, 0.25) is 0 Å². The van der Waals surface area contributed by atoms with Crippen LogP contribution in [0.4, 0.5) is 23.2 Å². The molecule has 7 nitrogen and oxygen atoms in total. The Kier molecular flexibility index (Phi) is 6.52. The van der Waals surface area contributed by atoms with Crippen molar-refractivity contribution in [1.29, 1.82) is 0 Å². The first-order valence-electron chi connectivity index (χ1n) is 9.79. The number of halogens is 4. The summed E-state index contributed by atoms with van der Waals surface area (Å²) in [5.74, 6) is -7.34. The summed E-state index contributed by atoms with van der Waals surface area (Å²) in [6.07, 6.45) is -5.46. The third-order valence-electron chi connectivity index (χ3n) is 5.03. The van der Waals surface area contributed by atoms with Crippen LogP contribution in [0.1, 0.15) is 24.2 Å². The third-order valence-corrected chi connectivity index (χ3v) is 5.03. The van der Waals surface area contributed by atoms with Crippen LogP contribution in [-0.2, 0) is 14.3 Å². The highest BCUT2D eigenvalue weighted by molar-refractivity contribution is 6.19. The third kappa shape index (κ3) is 4.30. The molecule has 11 heteroatoms. The quantitative estimate of drug-likeness (QED) is 0.523. The number of benzene rings is 2. The highest BCUT2D eigenvalue weighted by Crippen LogP contribution is 2.42. The summed E-state index contributed by atoms with van der Waals surface area (Å²) < 4.78 is 61.7. The number of esters is 1. The molecule has 33 heavy (non-hydrogen) atoms. The number of hydrogen-bond donors (Lipinski definition) is 1. The minimum absolute atomic E-state index is 0.175. The number of ether oxygens (including phenoxy) is 1. The number of nitrogens with one attached hydrogen (secondary N) is 1. The Morgan fingerprint density at radius 2 is 1.70 bits per heavy atom. The van der Waals surface area contributed by atoms with Crippen molar-refractivity contribution in [3.63, 3.8) is 0 Å². The molecular weight excluding hydrogens is 446 g/mol. The lowest BCUT2D eigenvalue weighted by Gasteiger charge is -2.37. The van der Waals surface area contributed by atoms with Crippen LogP contribution in [0.25, 0.3) is 0 Å². The maximum absolute atomic E-state index is 14.6. The predicted octanol–water partition coefficient (Wildman–Crippen LogP) is 3.46. The number of carbonyl (C=O) groups is 3. The van der Waals surface area contributed by atoms with Crippen molar-refractivity contribution in [2.45, 2.75) is 25.6 Å². The second-order valence-corrected chi connectivity index (χ2v) is 7.15. The molecule has 0 bridgehead atoms. The summed E-state index contributed by atoms with van der Waals surface area (Å²) >= 11 is 0. The molecule has 1 aliphatic heterocycles. The number of para-hydroxylation sites is 1. The van der Waals surface area contributed by atoms with Gasteiger partial charge in [0.05, 0.1) is 18.0 Å². The number of anilines is 1. The van der Waals surface area contributed by atoms with Crippen molar-refractivity contribution in [1.82, 2.24) is 5.32 Å². The van der Waals surface area contributed by atoms with Gasteiger partial charge in [-0.15, -0.1) is 0 Å². The van der Waals surface area contributed by atoms with Crippen LogP contribution in [0.5, 0.6) is 0 Å². The van der Waals surface area contributed by atoms with Crippen molar-refractivity contribution in [3.8, 4) is 0 Å². The summed E-state index contributed by atoms with van der Waals surface area (Å²) in [5.41, 5.74) is -4.31. The average Bonchev–Trinajstić information content (AvgIpc) is 3.06. The fourth-order valence-electron chi connectivity index (χ4n) is 3.51. The van der Waals surface area contributed by atoms with E-state index in [-0.39, 0.29) is 17.0 Å². The van der Waals surface area contributed by atoms with E-state index in [2.05, 4.69) is 9.84 Å². The van der Waals surface area contributed by atoms with Crippen molar-refractivity contribution >= 4 is 29.2 Å². The Morgan fingerprint density at radius 1 is 1.09 bits per heavy atom. The minimum atomic E-state index is -5.46. The first kappa shape index (κ1) is 23.9. The lowest BCUT2D eigenvalue weighted by molar-refractivity contribution is -0.217. The van der Waals surface area contributed by atoms with Gasteiger partial charge in [-0.2, -0.15) is 18.3 Å². The smallest absolute Gasteiger partial charge is 0.423 e. The molecule has 0 fully saturated rings. The molecule has 1 heterocycles. The molecule has 174 valence electrons. The van der Waals surface area contributed by atoms with E-state index in [4.69, 9.17) is 0 Å². The van der Waals surface area contributed by atoms with E-state index >= 15 is 0 Å². The topological polar surface area (TPSA) is 88.1 Å². The molecule has 2 aromatic carbocycles. The summed E-state index contributed by atoms with van der Waals surface area (Å²) in [5, 5.41) is 6.34. The van der Waals surface area contributed by atoms with Crippen LogP contribution >= 0.6 is 0 Å². The Morgan fingerprint density at radius 3 is 2.24 bits per heavy atom. The number of alkyl halides is 3. The van der Waals surface area contributed by atoms with Gasteiger partial charge < -0.3 is 10.1 Å². The zero-order valence-electron chi connectivity index (χ0n) is 17.5. The fraction of sp³-hybridized carbons (Fsp3) is 0.273. The summed E-state index contributed by atoms with van der Waals surface area (Å²) in [6.45, 7) is 1.99. The molecule has 2 atom stereocenters. The molecule has 1 N–H and O–H groups in total. The number of amides is 2. The van der Waals surface area contributed by atoms with Crippen LogP contribution in [0.3, 0.4) is 0 Å². The maximum atomic E-state index is 14.6. The summed E-state index contributed by atoms with van der Waals surface area (Å²) in [4.78, 5) is 38.7. The van der Waals surface area contributed by atoms with Crippen LogP contribution in [0, 0.1) is 11.7 Å². The van der Waals surface area contributed by atoms with E-state index in [1.54, 1.807) is 23.5 Å². The highest BCUT2D eigenvalue weighted by atomic mass is 19.4. The van der Waals surface area contributed by atoms with Gasteiger partial charge in [0, 0.05) is 5.56 Å². The Hall–Kier alpha value is -3.76. The van der Waals surface area contributed by atoms with Crippen LogP contribution in [0.15, 0.2) is 59.7 Å². The van der Waals surface area contributed by atoms with E-state index in [9.17, 15) is 31.9 Å². The maximum Gasteiger partial charge on any atom is 0.423 e. The summed E-state index contributed by atoms with van der Waals surface area (Å²) in [7, 11) is 0. The van der Waals surface area contributed by atoms with Gasteiger partial charge in [0.25, 0.3) is 17.4 Å². The molecule has 3 rings (SSSR count). The average molecular weight is 465 g/mol. The normalized spacial score (nSPS) is 17.9. The number of hydrazone groups is 1. The molecule has 0 saturated carbocycles. The first-order chi connectivity index (χ1) is 15.5. The van der Waals surface area contributed by atoms with E-state index in [1.165, 1.54) is 19.1 Å². The number of carbonyl (C=O) groups excluding carboxylic acids is 3. The lowest BCUT2D eigenvalue weighted by Crippen LogP contribution is -2.71. The van der Waals surface area contributed by atoms with Gasteiger partial charge in [-0.05, 0) is 50.2 Å². The minimum Gasteiger partial charge on any atom is -0.464 e. The molecule has 0 spiro atoms. The SMILES string of the molecule is CCOC(=O)C(NC(=O)c1ccc(F)cc1)(C1C(=O)N(c2ccccc2)N=C1C)C(F)(F)F. The molecule has 0 aliphatic carbocycles. The molecule has 2 aromatic rings. The second-order valence-electron chi connectivity index (χ2n) is 7.15. The van der Waals surface area contributed by atoms with Gasteiger partial charge in [-0.1, -0.05) is 18.2 Å². The van der Waals surface area contributed by atoms with Crippen LogP contribution < -0.4 is 10.3 Å². The zero-order valence-corrected chi connectivity index (χ0v) is 17.5. The van der Waals surface area contributed by atoms with Gasteiger partial charge in [0.15, 0.2) is 0 Å². The number of nitrogens with zero attached hydrogens (tertiary/aromatic N) is 2. The highest BCUT2D eigenvalue weighted by Gasteiger charge is 2.71. The van der Waals surface area contributed by atoms with Gasteiger partial charge >= 0.3 is 12.1 Å². The van der Waals surface area contributed by atoms with Gasteiger partial charge in [-0.25, -0.2) is 14.2 Å². The molecule has 2 unspecified atom stereocenters. The van der Waals surface area contributed by atoms with Crippen molar-refractivity contribution in [2.24, 2.45) is 11.0 Å². The predicted molar refractivity (Wildman–Crippen MR) is 110 cm³/mol. The number of rotatable bonds is 6. The molecule has 0 aromatic heterocycles. The standard InChI is InChI=1S/C22H19F4N3O4/c1-3-33-20(32)21(22(24,25)26,27-18(30)14-9-11-15(23)12-10-14)17-13(2)28-29(19(17)31)16-7-5-4-6-8-16/h4-12,17H,3H2,1-2H3,(H,27,30). The molecular formula is C22H19F4N3O4.